The Morgan fingerprint density at radius 3 is 2.00 bits per heavy atom. The van der Waals surface area contributed by atoms with Crippen LogP contribution in [0.15, 0.2) is 11.8 Å². The zero-order chi connectivity index (χ0) is 7.44. The molecule has 0 aliphatic rings. The molecule has 0 unspecified atom stereocenters. The largest absolute Gasteiger partial charge is 0.316 e. The van der Waals surface area contributed by atoms with Gasteiger partial charge in [-0.1, -0.05) is 5.57 Å². The third-order valence-electron chi connectivity index (χ3n) is 1.00. The van der Waals surface area contributed by atoms with Gasteiger partial charge in [-0.3, -0.25) is 0 Å². The average Bonchev–Trinajstić information content (AvgIpc) is 1.63. The molecule has 2 heteroatoms. The fourth-order valence-electron chi connectivity index (χ4n) is 0.447. The molecule has 0 radical (unpaired) electrons. The monoisotopic (exact) mass is 128 g/mol. The highest BCUT2D eigenvalue weighted by molar-refractivity contribution is 4.91. The summed E-state index contributed by atoms with van der Waals surface area (Å²) in [6, 6.07) is 0.389. The average molecular weight is 128 g/mol. The van der Waals surface area contributed by atoms with Crippen LogP contribution in [0.4, 0.5) is 0 Å². The summed E-state index contributed by atoms with van der Waals surface area (Å²) in [5.41, 5.74) is 1.23. The molecule has 0 bridgehead atoms. The molecule has 0 aliphatic carbocycles. The first-order chi connectivity index (χ1) is 4.04. The molecule has 9 heavy (non-hydrogen) atoms. The maximum Gasteiger partial charge on any atom is 0.0389 e. The lowest BCUT2D eigenvalue weighted by molar-refractivity contribution is 0.320. The number of hydrogen-bond donors (Lipinski definition) is 1. The van der Waals surface area contributed by atoms with Crippen LogP contribution in [0, 0.1) is 0 Å². The molecule has 0 rings (SSSR count). The van der Waals surface area contributed by atoms with Gasteiger partial charge in [0.2, 0.25) is 0 Å². The van der Waals surface area contributed by atoms with Crippen molar-refractivity contribution in [1.29, 1.82) is 0 Å². The quantitative estimate of drug-likeness (QED) is 0.451. The van der Waals surface area contributed by atoms with E-state index in [-0.39, 0.29) is 0 Å². The molecule has 0 amide bonds. The second kappa shape index (κ2) is 3.51. The van der Waals surface area contributed by atoms with E-state index in [1.54, 1.807) is 5.01 Å². The fourth-order valence-corrected chi connectivity index (χ4v) is 0.447. The van der Waals surface area contributed by atoms with E-state index in [4.69, 9.17) is 5.84 Å². The number of allylic oxidation sites excluding steroid dienone is 1. The van der Waals surface area contributed by atoms with Crippen molar-refractivity contribution in [2.75, 3.05) is 0 Å². The van der Waals surface area contributed by atoms with E-state index < -0.39 is 0 Å². The van der Waals surface area contributed by atoms with Crippen molar-refractivity contribution in [2.24, 2.45) is 5.84 Å². The van der Waals surface area contributed by atoms with E-state index in [1.165, 1.54) is 5.57 Å². The number of nitrogens with zero attached hydrogens (tertiary/aromatic N) is 1. The minimum atomic E-state index is 0.389. The highest BCUT2D eigenvalue weighted by Crippen LogP contribution is 1.95. The number of nitrogens with two attached hydrogens (primary N) is 1. The number of hydrogen-bond acceptors (Lipinski definition) is 2. The third-order valence-corrected chi connectivity index (χ3v) is 1.00. The summed E-state index contributed by atoms with van der Waals surface area (Å²) < 4.78 is 0. The zero-order valence-electron chi connectivity index (χ0n) is 6.68. The van der Waals surface area contributed by atoms with Crippen LogP contribution in [0.5, 0.6) is 0 Å². The van der Waals surface area contributed by atoms with Crippen molar-refractivity contribution in [2.45, 2.75) is 33.7 Å². The Kier molecular flexibility index (Phi) is 3.32. The van der Waals surface area contributed by atoms with Gasteiger partial charge in [-0.25, -0.2) is 5.84 Å². The SMILES string of the molecule is CC(C)=CN(N)C(C)C. The van der Waals surface area contributed by atoms with Crippen LogP contribution in [0.1, 0.15) is 27.7 Å². The Labute approximate surface area is 57.3 Å². The summed E-state index contributed by atoms with van der Waals surface area (Å²) in [5.74, 6) is 5.57. The van der Waals surface area contributed by atoms with Crippen molar-refractivity contribution >= 4 is 0 Å². The van der Waals surface area contributed by atoms with Gasteiger partial charge >= 0.3 is 0 Å². The molecular weight excluding hydrogens is 112 g/mol. The molecule has 54 valence electrons. The van der Waals surface area contributed by atoms with Crippen LogP contribution < -0.4 is 5.84 Å². The highest BCUT2D eigenvalue weighted by atomic mass is 15.4. The molecule has 0 saturated carbocycles. The summed E-state index contributed by atoms with van der Waals surface area (Å²) in [6.45, 7) is 8.17. The molecule has 0 aromatic rings. The number of hydrazine groups is 1. The van der Waals surface area contributed by atoms with Crippen LogP contribution in [0.25, 0.3) is 0 Å². The van der Waals surface area contributed by atoms with E-state index >= 15 is 0 Å². The maximum atomic E-state index is 5.57. The van der Waals surface area contributed by atoms with E-state index in [1.807, 2.05) is 20.0 Å². The predicted octanol–water partition coefficient (Wildman–Crippen LogP) is 1.49. The van der Waals surface area contributed by atoms with Crippen LogP contribution in [0.3, 0.4) is 0 Å². The van der Waals surface area contributed by atoms with E-state index in [9.17, 15) is 0 Å². The van der Waals surface area contributed by atoms with Gasteiger partial charge < -0.3 is 5.01 Å². The van der Waals surface area contributed by atoms with Crippen LogP contribution >= 0.6 is 0 Å². The maximum absolute atomic E-state index is 5.57. The highest BCUT2D eigenvalue weighted by Gasteiger charge is 1.95. The molecule has 2 N–H and O–H groups in total. The summed E-state index contributed by atoms with van der Waals surface area (Å²) in [4.78, 5) is 0. The molecule has 0 aromatic carbocycles. The van der Waals surface area contributed by atoms with Gasteiger partial charge in [0, 0.05) is 12.2 Å². The van der Waals surface area contributed by atoms with Crippen LogP contribution in [-0.4, -0.2) is 11.1 Å². The summed E-state index contributed by atoms with van der Waals surface area (Å²) in [5, 5.41) is 1.70. The van der Waals surface area contributed by atoms with E-state index in [0.29, 0.717) is 6.04 Å². The van der Waals surface area contributed by atoms with E-state index in [0.717, 1.165) is 0 Å². The standard InChI is InChI=1S/C7H16N2/c1-6(2)5-9(8)7(3)4/h5,7H,8H2,1-4H3. The molecule has 0 aliphatic heterocycles. The Morgan fingerprint density at radius 1 is 1.44 bits per heavy atom. The Hall–Kier alpha value is -0.500. The van der Waals surface area contributed by atoms with Gasteiger partial charge in [-0.2, -0.15) is 0 Å². The van der Waals surface area contributed by atoms with Gasteiger partial charge in [0.1, 0.15) is 0 Å². The lowest BCUT2D eigenvalue weighted by Gasteiger charge is -2.18. The van der Waals surface area contributed by atoms with Gasteiger partial charge in [-0.15, -0.1) is 0 Å². The predicted molar refractivity (Wildman–Crippen MR) is 40.6 cm³/mol. The van der Waals surface area contributed by atoms with Crippen molar-refractivity contribution in [3.63, 3.8) is 0 Å². The minimum Gasteiger partial charge on any atom is -0.316 e. The van der Waals surface area contributed by atoms with Gasteiger partial charge in [0.15, 0.2) is 0 Å². The third kappa shape index (κ3) is 4.03. The molecular formula is C7H16N2. The first-order valence-electron chi connectivity index (χ1n) is 3.22. The lowest BCUT2D eigenvalue weighted by atomic mass is 10.3. The first kappa shape index (κ1) is 8.50. The molecule has 0 spiro atoms. The molecule has 0 aromatic heterocycles. The first-order valence-corrected chi connectivity index (χ1v) is 3.22. The smallest absolute Gasteiger partial charge is 0.0389 e. The summed E-state index contributed by atoms with van der Waals surface area (Å²) >= 11 is 0. The lowest BCUT2D eigenvalue weighted by Crippen LogP contribution is -2.32. The van der Waals surface area contributed by atoms with Gasteiger partial charge in [0.25, 0.3) is 0 Å². The topological polar surface area (TPSA) is 29.3 Å². The molecule has 0 saturated heterocycles. The zero-order valence-corrected chi connectivity index (χ0v) is 6.68. The summed E-state index contributed by atoms with van der Waals surface area (Å²) in [7, 11) is 0. The fraction of sp³-hybridized carbons (Fsp3) is 0.714. The minimum absolute atomic E-state index is 0.389. The molecule has 0 heterocycles. The Morgan fingerprint density at radius 2 is 1.89 bits per heavy atom. The second-order valence-electron chi connectivity index (χ2n) is 2.75. The van der Waals surface area contributed by atoms with Crippen molar-refractivity contribution < 1.29 is 0 Å². The second-order valence-corrected chi connectivity index (χ2v) is 2.75. The van der Waals surface area contributed by atoms with Crippen LogP contribution in [0.2, 0.25) is 0 Å². The Bertz CT molecular complexity index is 101. The summed E-state index contributed by atoms with van der Waals surface area (Å²) in [6.07, 6.45) is 1.94. The van der Waals surface area contributed by atoms with E-state index in [2.05, 4.69) is 13.8 Å². The normalized spacial score (nSPS) is 9.56. The van der Waals surface area contributed by atoms with Crippen molar-refractivity contribution in [1.82, 2.24) is 5.01 Å². The molecule has 2 nitrogen and oxygen atoms in total. The molecule has 0 fully saturated rings. The van der Waals surface area contributed by atoms with Gasteiger partial charge in [0.05, 0.1) is 0 Å². The van der Waals surface area contributed by atoms with Crippen molar-refractivity contribution in [3.05, 3.63) is 11.8 Å². The van der Waals surface area contributed by atoms with Gasteiger partial charge in [-0.05, 0) is 27.7 Å². The van der Waals surface area contributed by atoms with Crippen molar-refractivity contribution in [3.8, 4) is 0 Å². The number of rotatable bonds is 2. The van der Waals surface area contributed by atoms with Crippen LogP contribution in [-0.2, 0) is 0 Å². The molecule has 0 atom stereocenters. The Balaban J connectivity index is 3.76.